The Hall–Kier alpha value is -2.39. The maximum atomic E-state index is 5.43. The number of pyridine rings is 1. The topological polar surface area (TPSA) is 31.4 Å². The van der Waals surface area contributed by atoms with E-state index in [0.29, 0.717) is 13.4 Å². The van der Waals surface area contributed by atoms with Crippen molar-refractivity contribution < 1.29 is 9.47 Å². The number of fused-ring (bicyclic) bond motifs is 2. The molecule has 0 radical (unpaired) electrons. The van der Waals surface area contributed by atoms with Gasteiger partial charge in [-0.1, -0.05) is 58.9 Å². The van der Waals surface area contributed by atoms with Crippen molar-refractivity contribution in [3.8, 4) is 5.75 Å². The van der Waals surface area contributed by atoms with Gasteiger partial charge in [0.2, 0.25) is 0 Å². The second-order valence-corrected chi connectivity index (χ2v) is 6.46. The van der Waals surface area contributed by atoms with Crippen molar-refractivity contribution in [2.75, 3.05) is 6.79 Å². The Kier molecular flexibility index (Phi) is 11.0. The predicted molar refractivity (Wildman–Crippen MR) is 125 cm³/mol. The molecule has 0 unspecified atom stereocenters. The summed E-state index contributed by atoms with van der Waals surface area (Å²) in [5.41, 5.74) is 7.24. The summed E-state index contributed by atoms with van der Waals surface area (Å²) in [4.78, 5) is 4.44. The van der Waals surface area contributed by atoms with Gasteiger partial charge in [0, 0.05) is 16.6 Å². The van der Waals surface area contributed by atoms with Crippen molar-refractivity contribution in [3.05, 3.63) is 70.4 Å². The second kappa shape index (κ2) is 12.9. The monoisotopic (exact) mass is 395 g/mol. The zero-order chi connectivity index (χ0) is 21.8. The first-order valence-electron chi connectivity index (χ1n) is 10.7. The van der Waals surface area contributed by atoms with Crippen molar-refractivity contribution in [1.82, 2.24) is 4.98 Å². The number of aromatic nitrogens is 1. The maximum Gasteiger partial charge on any atom is 0.189 e. The van der Waals surface area contributed by atoms with E-state index in [2.05, 4.69) is 56.1 Å². The van der Waals surface area contributed by atoms with E-state index in [0.717, 1.165) is 23.4 Å². The second-order valence-electron chi connectivity index (χ2n) is 6.46. The van der Waals surface area contributed by atoms with E-state index in [1.807, 2.05) is 46.8 Å². The predicted octanol–water partition coefficient (Wildman–Crippen LogP) is 7.33. The fourth-order valence-corrected chi connectivity index (χ4v) is 3.22. The summed E-state index contributed by atoms with van der Waals surface area (Å²) in [5.74, 6) is 1.02. The van der Waals surface area contributed by atoms with E-state index in [1.165, 1.54) is 27.6 Å². The minimum Gasteiger partial charge on any atom is -0.467 e. The molecular formula is C26H37NO2. The Morgan fingerprint density at radius 3 is 2.28 bits per heavy atom. The van der Waals surface area contributed by atoms with Crippen LogP contribution in [0.5, 0.6) is 5.75 Å². The van der Waals surface area contributed by atoms with Crippen LogP contribution in [0.15, 0.2) is 42.5 Å². The van der Waals surface area contributed by atoms with Crippen LogP contribution in [0.1, 0.15) is 62.6 Å². The van der Waals surface area contributed by atoms with Gasteiger partial charge in [0.1, 0.15) is 5.75 Å². The first kappa shape index (κ1) is 24.6. The Labute approximate surface area is 177 Å². The number of nitrogens with zero attached hydrogens (tertiary/aromatic N) is 1. The number of hydrogen-bond acceptors (Lipinski definition) is 3. The van der Waals surface area contributed by atoms with Crippen LogP contribution < -0.4 is 4.74 Å². The lowest BCUT2D eigenvalue weighted by atomic mass is 10.0. The molecule has 0 saturated heterocycles. The number of benzene rings is 2. The molecule has 1 aromatic heterocycles. The highest BCUT2D eigenvalue weighted by molar-refractivity contribution is 5.81. The van der Waals surface area contributed by atoms with Gasteiger partial charge in [-0.25, -0.2) is 0 Å². The molecule has 2 heterocycles. The van der Waals surface area contributed by atoms with Crippen molar-refractivity contribution in [3.63, 3.8) is 0 Å². The van der Waals surface area contributed by atoms with Gasteiger partial charge >= 0.3 is 0 Å². The van der Waals surface area contributed by atoms with Crippen molar-refractivity contribution in [2.45, 2.75) is 68.4 Å². The van der Waals surface area contributed by atoms with Crippen LogP contribution in [0, 0.1) is 20.8 Å². The van der Waals surface area contributed by atoms with E-state index >= 15 is 0 Å². The lowest BCUT2D eigenvalue weighted by Gasteiger charge is -2.20. The Morgan fingerprint density at radius 1 is 0.897 bits per heavy atom. The van der Waals surface area contributed by atoms with E-state index in [-0.39, 0.29) is 0 Å². The number of rotatable bonds is 1. The SMILES string of the molecule is CC.CC.CCc1cc(C)c2c(c1)COCO2.Cc1cc(C)c2ccccc2n1. The largest absolute Gasteiger partial charge is 0.467 e. The average Bonchev–Trinajstić information content (AvgIpc) is 2.77. The highest BCUT2D eigenvalue weighted by Crippen LogP contribution is 2.29. The molecule has 29 heavy (non-hydrogen) atoms. The summed E-state index contributed by atoms with van der Waals surface area (Å²) in [7, 11) is 0. The zero-order valence-corrected chi connectivity index (χ0v) is 19.4. The lowest BCUT2D eigenvalue weighted by Crippen LogP contribution is -2.12. The fraction of sp³-hybridized carbons (Fsp3) is 0.423. The molecule has 1 aliphatic rings. The molecule has 2 aromatic carbocycles. The molecular weight excluding hydrogens is 358 g/mol. The van der Waals surface area contributed by atoms with Crippen LogP contribution in [0.2, 0.25) is 0 Å². The minimum atomic E-state index is 0.388. The molecule has 0 saturated carbocycles. The van der Waals surface area contributed by atoms with Crippen LogP contribution in [0.25, 0.3) is 10.9 Å². The quantitative estimate of drug-likeness (QED) is 0.432. The molecule has 3 nitrogen and oxygen atoms in total. The first-order chi connectivity index (χ1) is 14.1. The third kappa shape index (κ3) is 6.86. The summed E-state index contributed by atoms with van der Waals surface area (Å²) in [6, 6.07) is 14.7. The molecule has 3 heteroatoms. The van der Waals surface area contributed by atoms with Crippen molar-refractivity contribution in [1.29, 1.82) is 0 Å². The third-order valence-electron chi connectivity index (χ3n) is 4.41. The molecule has 0 spiro atoms. The van der Waals surface area contributed by atoms with E-state index in [1.54, 1.807) is 0 Å². The molecule has 0 amide bonds. The van der Waals surface area contributed by atoms with Crippen molar-refractivity contribution >= 4 is 10.9 Å². The highest BCUT2D eigenvalue weighted by atomic mass is 16.7. The maximum absolute atomic E-state index is 5.43. The van der Waals surface area contributed by atoms with Gasteiger partial charge in [-0.3, -0.25) is 4.98 Å². The van der Waals surface area contributed by atoms with Gasteiger partial charge in [0.05, 0.1) is 12.1 Å². The smallest absolute Gasteiger partial charge is 0.189 e. The molecule has 0 fully saturated rings. The van der Waals surface area contributed by atoms with Crippen LogP contribution in [0.4, 0.5) is 0 Å². The lowest BCUT2D eigenvalue weighted by molar-refractivity contribution is -0.0169. The Morgan fingerprint density at radius 2 is 1.59 bits per heavy atom. The molecule has 0 bridgehead atoms. The number of aryl methyl sites for hydroxylation is 4. The van der Waals surface area contributed by atoms with Gasteiger partial charge in [0.25, 0.3) is 0 Å². The van der Waals surface area contributed by atoms with E-state index < -0.39 is 0 Å². The molecule has 3 aromatic rings. The minimum absolute atomic E-state index is 0.388. The van der Waals surface area contributed by atoms with E-state index in [9.17, 15) is 0 Å². The Bertz CT molecular complexity index is 887. The molecule has 0 N–H and O–H groups in total. The van der Waals surface area contributed by atoms with E-state index in [4.69, 9.17) is 9.47 Å². The van der Waals surface area contributed by atoms with Crippen molar-refractivity contribution in [2.24, 2.45) is 0 Å². The summed E-state index contributed by atoms with van der Waals surface area (Å²) < 4.78 is 10.7. The summed E-state index contributed by atoms with van der Waals surface area (Å²) in [6.07, 6.45) is 1.06. The molecule has 1 aliphatic heterocycles. The van der Waals surface area contributed by atoms with Crippen LogP contribution in [0.3, 0.4) is 0 Å². The third-order valence-corrected chi connectivity index (χ3v) is 4.41. The van der Waals surface area contributed by atoms with Gasteiger partial charge in [-0.15, -0.1) is 0 Å². The number of ether oxygens (including phenoxy) is 2. The summed E-state index contributed by atoms with van der Waals surface area (Å²) in [5, 5.41) is 1.25. The van der Waals surface area contributed by atoms with Gasteiger partial charge < -0.3 is 9.47 Å². The normalized spacial score (nSPS) is 11.4. The summed E-state index contributed by atoms with van der Waals surface area (Å²) in [6.45, 7) is 17.5. The van der Waals surface area contributed by atoms with Crippen LogP contribution in [-0.2, 0) is 17.8 Å². The number of para-hydroxylation sites is 1. The summed E-state index contributed by atoms with van der Waals surface area (Å²) >= 11 is 0. The highest BCUT2D eigenvalue weighted by Gasteiger charge is 2.13. The number of hydrogen-bond donors (Lipinski definition) is 0. The molecule has 0 atom stereocenters. The molecule has 158 valence electrons. The average molecular weight is 396 g/mol. The van der Waals surface area contributed by atoms with Crippen LogP contribution in [-0.4, -0.2) is 11.8 Å². The van der Waals surface area contributed by atoms with Crippen LogP contribution >= 0.6 is 0 Å². The van der Waals surface area contributed by atoms with Gasteiger partial charge in [0.15, 0.2) is 6.79 Å². The molecule has 4 rings (SSSR count). The van der Waals surface area contributed by atoms with Gasteiger partial charge in [-0.2, -0.15) is 0 Å². The zero-order valence-electron chi connectivity index (χ0n) is 19.4. The first-order valence-corrected chi connectivity index (χ1v) is 10.7. The standard InChI is InChI=1S/C11H11N.C11H14O2.2C2H6/c1-8-7-9(2)12-11-6-4-3-5-10(8)11;1-3-9-4-8(2)11-10(5-9)6-12-7-13-11;2*1-2/h3-7H,1-2H3;4-5H,3,6-7H2,1-2H3;2*1-2H3. The Balaban J connectivity index is 0.000000248. The van der Waals surface area contributed by atoms with Gasteiger partial charge in [-0.05, 0) is 62.1 Å². The molecule has 0 aliphatic carbocycles. The fourth-order valence-electron chi connectivity index (χ4n) is 3.22.